The van der Waals surface area contributed by atoms with E-state index in [1.807, 2.05) is 14.0 Å². The van der Waals surface area contributed by atoms with Gasteiger partial charge in [-0.25, -0.2) is 0 Å². The summed E-state index contributed by atoms with van der Waals surface area (Å²) in [6.45, 7) is 3.81. The standard InChI is InChI=1S/C14H22ClN3O2S/c1-11-5-6-13(15)8-14(11)17-21(19,20)18-7-3-4-12(10-18)9-16-2/h5-6,8,12,16-17H,3-4,7,9-10H2,1-2H3. The van der Waals surface area contributed by atoms with Crippen LogP contribution in [0.1, 0.15) is 18.4 Å². The van der Waals surface area contributed by atoms with Crippen LogP contribution >= 0.6 is 11.6 Å². The Morgan fingerprint density at radius 3 is 2.90 bits per heavy atom. The summed E-state index contributed by atoms with van der Waals surface area (Å²) in [5, 5.41) is 3.63. The van der Waals surface area contributed by atoms with E-state index in [0.717, 1.165) is 24.9 Å². The zero-order chi connectivity index (χ0) is 15.5. The fourth-order valence-corrected chi connectivity index (χ4v) is 4.18. The van der Waals surface area contributed by atoms with E-state index < -0.39 is 10.2 Å². The minimum atomic E-state index is -3.53. The largest absolute Gasteiger partial charge is 0.319 e. The first-order valence-electron chi connectivity index (χ1n) is 7.11. The van der Waals surface area contributed by atoms with Gasteiger partial charge in [0.15, 0.2) is 0 Å². The predicted molar refractivity (Wildman–Crippen MR) is 87.0 cm³/mol. The van der Waals surface area contributed by atoms with Crippen LogP contribution in [0.15, 0.2) is 18.2 Å². The quantitative estimate of drug-likeness (QED) is 0.869. The Balaban J connectivity index is 2.12. The van der Waals surface area contributed by atoms with Crippen molar-refractivity contribution in [3.05, 3.63) is 28.8 Å². The molecule has 0 amide bonds. The van der Waals surface area contributed by atoms with E-state index in [0.29, 0.717) is 29.7 Å². The molecule has 1 heterocycles. The van der Waals surface area contributed by atoms with E-state index in [4.69, 9.17) is 11.6 Å². The van der Waals surface area contributed by atoms with Crippen molar-refractivity contribution >= 4 is 27.5 Å². The van der Waals surface area contributed by atoms with Gasteiger partial charge in [-0.15, -0.1) is 0 Å². The summed E-state index contributed by atoms with van der Waals surface area (Å²) in [6, 6.07) is 5.20. The Bertz CT molecular complexity index is 590. The molecule has 0 saturated carbocycles. The van der Waals surface area contributed by atoms with Crippen LogP contribution in [0.4, 0.5) is 5.69 Å². The third kappa shape index (κ3) is 4.32. The first-order chi connectivity index (χ1) is 9.92. The number of hydrogen-bond donors (Lipinski definition) is 2. The summed E-state index contributed by atoms with van der Waals surface area (Å²) < 4.78 is 29.2. The minimum Gasteiger partial charge on any atom is -0.319 e. The maximum absolute atomic E-state index is 12.5. The van der Waals surface area contributed by atoms with Crippen LogP contribution in [-0.4, -0.2) is 39.4 Å². The van der Waals surface area contributed by atoms with Gasteiger partial charge in [0.2, 0.25) is 0 Å². The summed E-state index contributed by atoms with van der Waals surface area (Å²) >= 11 is 5.94. The number of rotatable bonds is 5. The van der Waals surface area contributed by atoms with Crippen molar-refractivity contribution in [3.8, 4) is 0 Å². The Morgan fingerprint density at radius 2 is 2.19 bits per heavy atom. The average Bonchev–Trinajstić information content (AvgIpc) is 2.43. The molecular weight excluding hydrogens is 310 g/mol. The van der Waals surface area contributed by atoms with Crippen LogP contribution in [0, 0.1) is 12.8 Å². The van der Waals surface area contributed by atoms with Crippen molar-refractivity contribution < 1.29 is 8.42 Å². The number of hydrogen-bond acceptors (Lipinski definition) is 3. The monoisotopic (exact) mass is 331 g/mol. The molecule has 0 bridgehead atoms. The zero-order valence-electron chi connectivity index (χ0n) is 12.4. The summed E-state index contributed by atoms with van der Waals surface area (Å²) in [4.78, 5) is 0. The van der Waals surface area contributed by atoms with E-state index in [1.165, 1.54) is 4.31 Å². The molecule has 0 spiro atoms. The molecule has 2 N–H and O–H groups in total. The molecule has 2 rings (SSSR count). The number of benzene rings is 1. The van der Waals surface area contributed by atoms with Crippen LogP contribution in [-0.2, 0) is 10.2 Å². The molecule has 1 fully saturated rings. The topological polar surface area (TPSA) is 61.4 Å². The van der Waals surface area contributed by atoms with Crippen LogP contribution in [0.25, 0.3) is 0 Å². The number of aryl methyl sites for hydroxylation is 1. The summed E-state index contributed by atoms with van der Waals surface area (Å²) in [5.41, 5.74) is 1.39. The molecule has 1 unspecified atom stereocenters. The van der Waals surface area contributed by atoms with Gasteiger partial charge in [0.25, 0.3) is 0 Å². The number of halogens is 1. The number of nitrogens with one attached hydrogen (secondary N) is 2. The van der Waals surface area contributed by atoms with E-state index >= 15 is 0 Å². The van der Waals surface area contributed by atoms with Crippen molar-refractivity contribution in [3.63, 3.8) is 0 Å². The molecule has 5 nitrogen and oxygen atoms in total. The fourth-order valence-electron chi connectivity index (χ4n) is 2.61. The molecule has 21 heavy (non-hydrogen) atoms. The van der Waals surface area contributed by atoms with Crippen LogP contribution in [0.5, 0.6) is 0 Å². The summed E-state index contributed by atoms with van der Waals surface area (Å²) in [5.74, 6) is 0.362. The average molecular weight is 332 g/mol. The highest BCUT2D eigenvalue weighted by molar-refractivity contribution is 7.90. The third-order valence-electron chi connectivity index (χ3n) is 3.75. The lowest BCUT2D eigenvalue weighted by atomic mass is 10.00. The van der Waals surface area contributed by atoms with Gasteiger partial charge in [0.1, 0.15) is 0 Å². The number of nitrogens with zero attached hydrogens (tertiary/aromatic N) is 1. The summed E-state index contributed by atoms with van der Waals surface area (Å²) in [6.07, 6.45) is 1.95. The van der Waals surface area contributed by atoms with Crippen molar-refractivity contribution in [2.24, 2.45) is 5.92 Å². The second kappa shape index (κ2) is 6.96. The van der Waals surface area contributed by atoms with E-state index in [1.54, 1.807) is 18.2 Å². The Labute approximate surface area is 131 Å². The molecule has 7 heteroatoms. The fraction of sp³-hybridized carbons (Fsp3) is 0.571. The molecule has 0 radical (unpaired) electrons. The maximum Gasteiger partial charge on any atom is 0.301 e. The van der Waals surface area contributed by atoms with Gasteiger partial charge < -0.3 is 5.32 Å². The first kappa shape index (κ1) is 16.5. The minimum absolute atomic E-state index is 0.362. The SMILES string of the molecule is CNCC1CCCN(S(=O)(=O)Nc2cc(Cl)ccc2C)C1. The van der Waals surface area contributed by atoms with Crippen molar-refractivity contribution in [1.82, 2.24) is 9.62 Å². The van der Waals surface area contributed by atoms with Crippen molar-refractivity contribution in [2.75, 3.05) is 31.4 Å². The van der Waals surface area contributed by atoms with Gasteiger partial charge in [-0.1, -0.05) is 17.7 Å². The van der Waals surface area contributed by atoms with Crippen LogP contribution in [0.2, 0.25) is 5.02 Å². The zero-order valence-corrected chi connectivity index (χ0v) is 14.0. The molecule has 0 aliphatic carbocycles. The maximum atomic E-state index is 12.5. The first-order valence-corrected chi connectivity index (χ1v) is 8.93. The van der Waals surface area contributed by atoms with Crippen molar-refractivity contribution in [1.29, 1.82) is 0 Å². The van der Waals surface area contributed by atoms with E-state index in [2.05, 4.69) is 10.0 Å². The highest BCUT2D eigenvalue weighted by Gasteiger charge is 2.28. The Morgan fingerprint density at radius 1 is 1.43 bits per heavy atom. The van der Waals surface area contributed by atoms with Crippen LogP contribution in [0.3, 0.4) is 0 Å². The van der Waals surface area contributed by atoms with E-state index in [9.17, 15) is 8.42 Å². The molecule has 1 saturated heterocycles. The molecular formula is C14H22ClN3O2S. The van der Waals surface area contributed by atoms with Gasteiger partial charge >= 0.3 is 10.2 Å². The van der Waals surface area contributed by atoms with Gasteiger partial charge in [-0.05, 0) is 57.0 Å². The smallest absolute Gasteiger partial charge is 0.301 e. The highest BCUT2D eigenvalue weighted by Crippen LogP contribution is 2.24. The third-order valence-corrected chi connectivity index (χ3v) is 5.48. The van der Waals surface area contributed by atoms with Gasteiger partial charge in [0, 0.05) is 18.1 Å². The predicted octanol–water partition coefficient (Wildman–Crippen LogP) is 2.24. The normalized spacial score (nSPS) is 20.4. The number of piperidine rings is 1. The highest BCUT2D eigenvalue weighted by atomic mass is 35.5. The van der Waals surface area contributed by atoms with Gasteiger partial charge in [-0.3, -0.25) is 4.72 Å². The van der Waals surface area contributed by atoms with Gasteiger partial charge in [0.05, 0.1) is 5.69 Å². The Kier molecular flexibility index (Phi) is 5.48. The molecule has 0 aromatic heterocycles. The van der Waals surface area contributed by atoms with Crippen LogP contribution < -0.4 is 10.0 Å². The molecule has 118 valence electrons. The lowest BCUT2D eigenvalue weighted by molar-refractivity contribution is 0.264. The van der Waals surface area contributed by atoms with Crippen molar-refractivity contribution in [2.45, 2.75) is 19.8 Å². The van der Waals surface area contributed by atoms with Gasteiger partial charge in [-0.2, -0.15) is 12.7 Å². The Hall–Kier alpha value is -0.820. The lowest BCUT2D eigenvalue weighted by Gasteiger charge is -2.32. The molecule has 1 aromatic rings. The molecule has 1 atom stereocenters. The molecule has 1 aromatic carbocycles. The second-order valence-corrected chi connectivity index (χ2v) is 7.60. The molecule has 1 aliphatic heterocycles. The molecule has 1 aliphatic rings. The number of anilines is 1. The van der Waals surface area contributed by atoms with E-state index in [-0.39, 0.29) is 0 Å². The second-order valence-electron chi connectivity index (χ2n) is 5.49. The summed E-state index contributed by atoms with van der Waals surface area (Å²) in [7, 11) is -1.64. The lowest BCUT2D eigenvalue weighted by Crippen LogP contribution is -2.44.